The standard InChI is InChI=1S/C26H21FN4O4/c27-18-6-8-19(9-7-18)31-25-24(14-29-31)26(33)30(17-28-25)15-20(32)16-34-21-10-12-23(13-11-21)35-22-4-2-1-3-5-22/h1-14,17,20,32H,15-16H2. The van der Waals surface area contributed by atoms with E-state index in [9.17, 15) is 14.3 Å². The summed E-state index contributed by atoms with van der Waals surface area (Å²) in [4.78, 5) is 17.2. The lowest BCUT2D eigenvalue weighted by atomic mass is 10.3. The van der Waals surface area contributed by atoms with Crippen LogP contribution < -0.4 is 15.0 Å². The monoisotopic (exact) mass is 472 g/mol. The Morgan fingerprint density at radius 2 is 1.60 bits per heavy atom. The number of ether oxygens (including phenoxy) is 2. The van der Waals surface area contributed by atoms with Crippen LogP contribution in [0.1, 0.15) is 0 Å². The number of para-hydroxylation sites is 1. The molecule has 1 unspecified atom stereocenters. The highest BCUT2D eigenvalue weighted by Crippen LogP contribution is 2.23. The normalized spacial score (nSPS) is 11.9. The Labute approximate surface area is 199 Å². The summed E-state index contributed by atoms with van der Waals surface area (Å²) in [6.45, 7) is -0.0170. The summed E-state index contributed by atoms with van der Waals surface area (Å²) in [7, 11) is 0. The zero-order valence-electron chi connectivity index (χ0n) is 18.5. The van der Waals surface area contributed by atoms with Gasteiger partial charge in [0.2, 0.25) is 0 Å². The SMILES string of the molecule is O=c1c2cnn(-c3ccc(F)cc3)c2ncn1CC(O)COc1ccc(Oc2ccccc2)cc1. The summed E-state index contributed by atoms with van der Waals surface area (Å²) in [5.74, 6) is 1.59. The van der Waals surface area contributed by atoms with Crippen LogP contribution in [0, 0.1) is 5.82 Å². The molecule has 8 nitrogen and oxygen atoms in total. The van der Waals surface area contributed by atoms with E-state index in [0.717, 1.165) is 5.75 Å². The second kappa shape index (κ2) is 9.78. The molecular formula is C26H21FN4O4. The third-order valence-electron chi connectivity index (χ3n) is 5.28. The molecule has 2 aromatic heterocycles. The highest BCUT2D eigenvalue weighted by atomic mass is 19.1. The quantitative estimate of drug-likeness (QED) is 0.368. The summed E-state index contributed by atoms with van der Waals surface area (Å²) in [6.07, 6.45) is 1.82. The second-order valence-corrected chi connectivity index (χ2v) is 7.82. The first-order valence-corrected chi connectivity index (χ1v) is 10.9. The van der Waals surface area contributed by atoms with Crippen LogP contribution >= 0.6 is 0 Å². The van der Waals surface area contributed by atoms with Crippen molar-refractivity contribution in [3.05, 3.63) is 108 Å². The van der Waals surface area contributed by atoms with E-state index >= 15 is 0 Å². The average Bonchev–Trinajstić information content (AvgIpc) is 3.31. The fraction of sp³-hybridized carbons (Fsp3) is 0.115. The predicted octanol–water partition coefficient (Wildman–Crippen LogP) is 3.95. The minimum atomic E-state index is -0.945. The molecule has 0 fully saturated rings. The Kier molecular flexibility index (Phi) is 6.23. The van der Waals surface area contributed by atoms with Crippen molar-refractivity contribution >= 4 is 11.0 Å². The van der Waals surface area contributed by atoms with Crippen molar-refractivity contribution in [2.24, 2.45) is 0 Å². The van der Waals surface area contributed by atoms with E-state index in [0.29, 0.717) is 28.2 Å². The van der Waals surface area contributed by atoms with Gasteiger partial charge in [-0.3, -0.25) is 9.36 Å². The van der Waals surface area contributed by atoms with Gasteiger partial charge in [0.15, 0.2) is 5.65 Å². The van der Waals surface area contributed by atoms with E-state index in [1.54, 1.807) is 36.4 Å². The first kappa shape index (κ1) is 22.3. The molecule has 0 aliphatic rings. The third kappa shape index (κ3) is 5.04. The molecule has 35 heavy (non-hydrogen) atoms. The number of aliphatic hydroxyl groups is 1. The number of fused-ring (bicyclic) bond motifs is 1. The van der Waals surface area contributed by atoms with Gasteiger partial charge in [-0.2, -0.15) is 5.10 Å². The summed E-state index contributed by atoms with van der Waals surface area (Å²) in [5, 5.41) is 14.9. The van der Waals surface area contributed by atoms with Crippen LogP contribution in [-0.4, -0.2) is 37.1 Å². The Morgan fingerprint density at radius 3 is 2.34 bits per heavy atom. The first-order valence-electron chi connectivity index (χ1n) is 10.9. The molecule has 0 amide bonds. The number of aromatic nitrogens is 4. The van der Waals surface area contributed by atoms with Crippen LogP contribution in [0.25, 0.3) is 16.7 Å². The Bertz CT molecular complexity index is 1480. The summed E-state index contributed by atoms with van der Waals surface area (Å²) in [6, 6.07) is 22.2. The summed E-state index contributed by atoms with van der Waals surface area (Å²) in [5.41, 5.74) is 0.589. The van der Waals surface area contributed by atoms with E-state index < -0.39 is 6.10 Å². The van der Waals surface area contributed by atoms with Crippen molar-refractivity contribution in [3.8, 4) is 22.9 Å². The highest BCUT2D eigenvalue weighted by molar-refractivity contribution is 5.74. The topological polar surface area (TPSA) is 91.4 Å². The summed E-state index contributed by atoms with van der Waals surface area (Å²) < 4.78 is 27.4. The van der Waals surface area contributed by atoms with Gasteiger partial charge in [-0.1, -0.05) is 18.2 Å². The van der Waals surface area contributed by atoms with E-state index in [1.807, 2.05) is 30.3 Å². The molecule has 0 saturated heterocycles. The number of nitrogens with zero attached hydrogens (tertiary/aromatic N) is 4. The predicted molar refractivity (Wildman–Crippen MR) is 128 cm³/mol. The number of hydrogen-bond donors (Lipinski definition) is 1. The highest BCUT2D eigenvalue weighted by Gasteiger charge is 2.14. The molecule has 9 heteroatoms. The average molecular weight is 472 g/mol. The lowest BCUT2D eigenvalue weighted by Gasteiger charge is -2.14. The Hall–Kier alpha value is -4.50. The largest absolute Gasteiger partial charge is 0.491 e. The fourth-order valence-electron chi connectivity index (χ4n) is 3.55. The van der Waals surface area contributed by atoms with E-state index in [1.165, 1.54) is 33.9 Å². The second-order valence-electron chi connectivity index (χ2n) is 7.82. The van der Waals surface area contributed by atoms with Gasteiger partial charge in [0.05, 0.1) is 18.4 Å². The number of hydrogen-bond acceptors (Lipinski definition) is 6. The van der Waals surface area contributed by atoms with Gasteiger partial charge in [-0.15, -0.1) is 0 Å². The zero-order valence-corrected chi connectivity index (χ0v) is 18.5. The number of benzene rings is 3. The Balaban J connectivity index is 1.22. The minimum Gasteiger partial charge on any atom is -0.491 e. The van der Waals surface area contributed by atoms with E-state index in [2.05, 4.69) is 10.1 Å². The number of halogens is 1. The maximum absolute atomic E-state index is 13.2. The fourth-order valence-corrected chi connectivity index (χ4v) is 3.55. The molecule has 0 aliphatic carbocycles. The number of aliphatic hydroxyl groups excluding tert-OH is 1. The van der Waals surface area contributed by atoms with Crippen LogP contribution in [0.4, 0.5) is 4.39 Å². The number of rotatable bonds is 8. The first-order chi connectivity index (χ1) is 17.1. The van der Waals surface area contributed by atoms with Crippen LogP contribution in [0.2, 0.25) is 0 Å². The molecule has 1 N–H and O–H groups in total. The lowest BCUT2D eigenvalue weighted by Crippen LogP contribution is -2.30. The molecule has 2 heterocycles. The van der Waals surface area contributed by atoms with Gasteiger partial charge >= 0.3 is 0 Å². The third-order valence-corrected chi connectivity index (χ3v) is 5.28. The molecule has 3 aromatic carbocycles. The maximum atomic E-state index is 13.2. The molecule has 1 atom stereocenters. The van der Waals surface area contributed by atoms with Crippen molar-refractivity contribution < 1.29 is 19.0 Å². The summed E-state index contributed by atoms with van der Waals surface area (Å²) >= 11 is 0. The smallest absolute Gasteiger partial charge is 0.264 e. The van der Waals surface area contributed by atoms with Crippen LogP contribution in [0.15, 0.2) is 96.2 Å². The van der Waals surface area contributed by atoms with E-state index in [4.69, 9.17) is 9.47 Å². The molecule has 176 valence electrons. The van der Waals surface area contributed by atoms with Gasteiger partial charge in [0.25, 0.3) is 5.56 Å². The molecule has 0 radical (unpaired) electrons. The van der Waals surface area contributed by atoms with Gasteiger partial charge in [-0.05, 0) is 60.7 Å². The van der Waals surface area contributed by atoms with E-state index in [-0.39, 0.29) is 24.5 Å². The molecule has 0 saturated carbocycles. The molecular weight excluding hydrogens is 451 g/mol. The van der Waals surface area contributed by atoms with Crippen molar-refractivity contribution in [1.82, 2.24) is 19.3 Å². The van der Waals surface area contributed by atoms with Gasteiger partial charge < -0.3 is 14.6 Å². The van der Waals surface area contributed by atoms with Crippen LogP contribution in [0.3, 0.4) is 0 Å². The van der Waals surface area contributed by atoms with Gasteiger partial charge in [0.1, 0.15) is 47.5 Å². The minimum absolute atomic E-state index is 0.00129. The van der Waals surface area contributed by atoms with Gasteiger partial charge in [0, 0.05) is 0 Å². The maximum Gasteiger partial charge on any atom is 0.264 e. The lowest BCUT2D eigenvalue weighted by molar-refractivity contribution is 0.0914. The van der Waals surface area contributed by atoms with Crippen molar-refractivity contribution in [2.45, 2.75) is 12.6 Å². The van der Waals surface area contributed by atoms with Gasteiger partial charge in [-0.25, -0.2) is 14.1 Å². The molecule has 0 spiro atoms. The van der Waals surface area contributed by atoms with Crippen molar-refractivity contribution in [3.63, 3.8) is 0 Å². The van der Waals surface area contributed by atoms with Crippen molar-refractivity contribution in [1.29, 1.82) is 0 Å². The molecule has 5 aromatic rings. The zero-order chi connectivity index (χ0) is 24.2. The van der Waals surface area contributed by atoms with Crippen LogP contribution in [-0.2, 0) is 6.54 Å². The van der Waals surface area contributed by atoms with Crippen LogP contribution in [0.5, 0.6) is 17.2 Å². The molecule has 5 rings (SSSR count). The molecule has 0 bridgehead atoms. The van der Waals surface area contributed by atoms with Crippen molar-refractivity contribution in [2.75, 3.05) is 6.61 Å². The Morgan fingerprint density at radius 1 is 0.914 bits per heavy atom. The molecule has 0 aliphatic heterocycles.